The number of para-hydroxylation sites is 1. The van der Waals surface area contributed by atoms with Crippen molar-refractivity contribution >= 4 is 32.8 Å². The zero-order chi connectivity index (χ0) is 58.6. The minimum absolute atomic E-state index is 0.124. The second kappa shape index (κ2) is 17.4. The molecule has 3 aromatic heterocycles. The minimum Gasteiger partial charge on any atom is -0.458 e. The number of benzene rings is 9. The predicted octanol–water partition coefficient (Wildman–Crippen LogP) is 16.3. The van der Waals surface area contributed by atoms with Crippen molar-refractivity contribution in [2.45, 2.75) is 33.0 Å². The number of ether oxygens (including phenoxy) is 1. The van der Waals surface area contributed by atoms with Crippen molar-refractivity contribution in [3.63, 3.8) is 0 Å². The van der Waals surface area contributed by atoms with E-state index >= 15 is 0 Å². The fourth-order valence-corrected chi connectivity index (χ4v) is 9.28. The van der Waals surface area contributed by atoms with Crippen molar-refractivity contribution in [1.29, 1.82) is 0 Å². The standard InChI is InChI=1S/C65H50N4O/c1-44-18-14-15-27-54(44)49-31-34-59-58(38-49)57-33-32-53(42-61(57)69(59)63-40-50(36-37-66-63)65(2,3)4)70-52-26-16-25-51(41-52)67-43-68(62-39-48(30-35-60(62)67)45-19-8-5-9-20-45)64-55(46-21-10-6-11-22-46)28-17-29-56(64)47-23-12-7-13-24-47/h5-42H,1-4H3/i1D3,6D,7D,10D,11D,12D,13D,21D,22D,23D,24D. The van der Waals surface area contributed by atoms with Crippen LogP contribution in [-0.4, -0.2) is 14.1 Å². The van der Waals surface area contributed by atoms with Gasteiger partial charge < -0.3 is 4.74 Å². The molecule has 70 heavy (non-hydrogen) atoms. The molecule has 0 fully saturated rings. The Labute approximate surface area is 427 Å². The number of imidazole rings is 1. The van der Waals surface area contributed by atoms with Gasteiger partial charge in [0.15, 0.2) is 0 Å². The van der Waals surface area contributed by atoms with Crippen LogP contribution in [0, 0.1) is 13.2 Å². The summed E-state index contributed by atoms with van der Waals surface area (Å²) in [4.78, 5) is 4.89. The van der Waals surface area contributed by atoms with E-state index in [4.69, 9.17) is 22.1 Å². The molecule has 5 nitrogen and oxygen atoms in total. The molecule has 0 spiro atoms. The molecule has 12 rings (SSSR count). The number of hydrogen-bond acceptors (Lipinski definition) is 2. The molecule has 12 aromatic rings. The molecule has 0 saturated heterocycles. The molecule has 0 amide bonds. The maximum absolute atomic E-state index is 9.19. The molecule has 0 atom stereocenters. The first-order valence-corrected chi connectivity index (χ1v) is 22.9. The zero-order valence-corrected chi connectivity index (χ0v) is 38.4. The van der Waals surface area contributed by atoms with E-state index in [0.717, 1.165) is 44.1 Å². The van der Waals surface area contributed by atoms with Gasteiger partial charge in [-0.3, -0.25) is 13.7 Å². The second-order valence-electron chi connectivity index (χ2n) is 18.1. The van der Waals surface area contributed by atoms with Crippen LogP contribution in [0.2, 0.25) is 0 Å². The third-order valence-electron chi connectivity index (χ3n) is 12.7. The molecule has 0 aliphatic rings. The first kappa shape index (κ1) is 30.6. The lowest BCUT2D eigenvalue weighted by atomic mass is 9.88. The van der Waals surface area contributed by atoms with Gasteiger partial charge in [0.25, 0.3) is 6.33 Å². The summed E-state index contributed by atoms with van der Waals surface area (Å²) >= 11 is 0. The van der Waals surface area contributed by atoms with Crippen LogP contribution in [0.5, 0.6) is 11.5 Å². The molecule has 0 unspecified atom stereocenters. The van der Waals surface area contributed by atoms with Crippen LogP contribution in [0.15, 0.2) is 230 Å². The van der Waals surface area contributed by atoms with E-state index in [9.17, 15) is 5.48 Å². The molecule has 336 valence electrons. The highest BCUT2D eigenvalue weighted by molar-refractivity contribution is 6.11. The predicted molar refractivity (Wildman–Crippen MR) is 287 cm³/mol. The van der Waals surface area contributed by atoms with Crippen molar-refractivity contribution in [1.82, 2.24) is 14.1 Å². The highest BCUT2D eigenvalue weighted by atomic mass is 16.5. The summed E-state index contributed by atoms with van der Waals surface area (Å²) in [6, 6.07) is 45.1. The van der Waals surface area contributed by atoms with E-state index in [1.807, 2.05) is 127 Å². The van der Waals surface area contributed by atoms with E-state index in [1.165, 1.54) is 0 Å². The maximum atomic E-state index is 9.19. The Morgan fingerprint density at radius 3 is 1.99 bits per heavy atom. The first-order valence-electron chi connectivity index (χ1n) is 29.4. The third-order valence-corrected chi connectivity index (χ3v) is 12.7. The number of fused-ring (bicyclic) bond motifs is 4. The van der Waals surface area contributed by atoms with Crippen LogP contribution >= 0.6 is 0 Å². The normalized spacial score (nSPS) is 14.5. The van der Waals surface area contributed by atoms with Gasteiger partial charge in [-0.05, 0) is 129 Å². The van der Waals surface area contributed by atoms with Gasteiger partial charge in [0.05, 0.1) is 47.1 Å². The molecule has 3 heterocycles. The monoisotopic (exact) mass is 915 g/mol. The Bertz CT molecular complexity index is 4490. The summed E-state index contributed by atoms with van der Waals surface area (Å²) < 4.78 is 126. The highest BCUT2D eigenvalue weighted by Crippen LogP contribution is 2.40. The molecule has 0 radical (unpaired) electrons. The van der Waals surface area contributed by atoms with Crippen LogP contribution in [-0.2, 0) is 5.41 Å². The van der Waals surface area contributed by atoms with Crippen molar-refractivity contribution in [3.8, 4) is 73.2 Å². The largest absolute Gasteiger partial charge is 0.458 e. The Kier molecular flexibility index (Phi) is 7.58. The SMILES string of the molecule is [2H]c1c([2H])c([2H])c(-c2cccc(-c3c([2H])c([2H])c([2H])c([2H])c3[2H])c2-[n+]2[c-]n(-c3cccc(Oc4ccc5c6cc(-c7ccccc7C([2H])([2H])[2H])ccc6n(-c6cc(C(C)(C)C)ccn6)c5c4)c3)c3ccc(-c4ccccc4)cc32)c([2H])c1[2H]. The second-order valence-corrected chi connectivity index (χ2v) is 18.1. The maximum Gasteiger partial charge on any atom is 0.269 e. The van der Waals surface area contributed by atoms with Gasteiger partial charge in [-0.2, -0.15) is 0 Å². The summed E-state index contributed by atoms with van der Waals surface area (Å²) in [6.07, 6.45) is 5.31. The molecule has 9 aromatic carbocycles. The fourth-order valence-electron chi connectivity index (χ4n) is 9.28. The van der Waals surface area contributed by atoms with Gasteiger partial charge in [0.2, 0.25) is 0 Å². The average Bonchev–Trinajstić information content (AvgIpc) is 4.13. The molecule has 0 N–H and O–H groups in total. The van der Waals surface area contributed by atoms with Crippen molar-refractivity contribution in [2.24, 2.45) is 0 Å². The minimum atomic E-state index is -2.33. The molecule has 0 aliphatic heterocycles. The number of pyridine rings is 1. The zero-order valence-electron chi connectivity index (χ0n) is 51.4. The quantitative estimate of drug-likeness (QED) is 0.107. The Morgan fingerprint density at radius 2 is 1.23 bits per heavy atom. The van der Waals surface area contributed by atoms with Gasteiger partial charge in [0.1, 0.15) is 17.3 Å². The lowest BCUT2D eigenvalue weighted by Gasteiger charge is -2.20. The average molecular weight is 916 g/mol. The van der Waals surface area contributed by atoms with Crippen molar-refractivity contribution in [3.05, 3.63) is 248 Å². The third kappa shape index (κ3) is 7.72. The summed E-state index contributed by atoms with van der Waals surface area (Å²) in [5.74, 6) is 1.63. The Hall–Kier alpha value is -8.80. The smallest absolute Gasteiger partial charge is 0.269 e. The van der Waals surface area contributed by atoms with Gasteiger partial charge >= 0.3 is 0 Å². The lowest BCUT2D eigenvalue weighted by Crippen LogP contribution is -2.31. The van der Waals surface area contributed by atoms with Crippen LogP contribution < -0.4 is 9.30 Å². The van der Waals surface area contributed by atoms with E-state index in [-0.39, 0.29) is 38.9 Å². The van der Waals surface area contributed by atoms with Gasteiger partial charge in [-0.25, -0.2) is 4.98 Å². The van der Waals surface area contributed by atoms with E-state index in [1.54, 1.807) is 45.7 Å². The van der Waals surface area contributed by atoms with E-state index in [0.29, 0.717) is 39.6 Å². The molecular formula is C65H50N4O. The topological polar surface area (TPSA) is 35.9 Å². The Balaban J connectivity index is 1.05. The fraction of sp³-hybridized carbons (Fsp3) is 0.0769. The van der Waals surface area contributed by atoms with Gasteiger partial charge in [0, 0.05) is 27.1 Å². The van der Waals surface area contributed by atoms with Gasteiger partial charge in [-0.1, -0.05) is 178 Å². The first-order chi connectivity index (χ1) is 39.6. The number of aromatic nitrogens is 4. The summed E-state index contributed by atoms with van der Waals surface area (Å²) in [5.41, 5.74) is 7.60. The Morgan fingerprint density at radius 1 is 0.543 bits per heavy atom. The van der Waals surface area contributed by atoms with E-state index < -0.39 is 67.3 Å². The molecule has 5 heteroatoms. The van der Waals surface area contributed by atoms with Crippen LogP contribution in [0.3, 0.4) is 0 Å². The molecule has 0 aliphatic carbocycles. The summed E-state index contributed by atoms with van der Waals surface area (Å²) in [7, 11) is 0. The van der Waals surface area contributed by atoms with Crippen LogP contribution in [0.4, 0.5) is 0 Å². The van der Waals surface area contributed by atoms with E-state index in [2.05, 4.69) is 37.7 Å². The number of hydrogen-bond donors (Lipinski definition) is 0. The molecule has 0 saturated carbocycles. The molecular weight excluding hydrogens is 853 g/mol. The number of aryl methyl sites for hydroxylation is 1. The number of rotatable bonds is 9. The summed E-state index contributed by atoms with van der Waals surface area (Å²) in [6.45, 7) is 4.11. The lowest BCUT2D eigenvalue weighted by molar-refractivity contribution is -0.571. The van der Waals surface area contributed by atoms with Crippen LogP contribution in [0.1, 0.15) is 49.7 Å². The summed E-state index contributed by atoms with van der Waals surface area (Å²) in [5, 5.41) is 1.77. The number of nitrogens with zero attached hydrogens (tertiary/aromatic N) is 4. The molecule has 0 bridgehead atoms. The van der Waals surface area contributed by atoms with Crippen molar-refractivity contribution < 1.29 is 27.1 Å². The van der Waals surface area contributed by atoms with Crippen LogP contribution in [0.25, 0.3) is 94.5 Å². The highest BCUT2D eigenvalue weighted by Gasteiger charge is 2.22. The van der Waals surface area contributed by atoms with Crippen molar-refractivity contribution in [2.75, 3.05) is 0 Å². The van der Waals surface area contributed by atoms with Gasteiger partial charge in [-0.15, -0.1) is 0 Å².